The van der Waals surface area contributed by atoms with E-state index in [-0.39, 0.29) is 38.5 Å². The highest BCUT2D eigenvalue weighted by molar-refractivity contribution is 5.86. The van der Waals surface area contributed by atoms with E-state index in [1.165, 1.54) is 21.4 Å². The molecule has 2 fully saturated rings. The fraction of sp³-hybridized carbons (Fsp3) is 0.440. The average molecular weight is 1410 g/mol. The van der Waals surface area contributed by atoms with E-state index in [0.717, 1.165) is 18.2 Å². The van der Waals surface area contributed by atoms with Gasteiger partial charge in [0.05, 0.1) is 44.8 Å². The maximum absolute atomic E-state index is 13.8. The second-order valence-electron chi connectivity index (χ2n) is 23.9. The SMILES string of the molecule is CCC(C(=O)NNC(=O)CCCCC(=O)NNC(=O)[C@@H]1O[C@@H](OC2C(NC(C)=O)[C@H](C)O[C@@H](CO)[C@H]2O)C(O)C(O)[C@@H]1OC)C(O)(c1ccc(OC)cc1)c1ccc(Oc2ccc(C)cc2)cc1.CCC(C(=O)O)C(O)(c1ccc(OC)cc1)c1ccc(Oc2ccc(C)cc2)cc1.[2H]CC.[3H]C. The smallest absolute Gasteiger partial charge is 0.310 e. The van der Waals surface area contributed by atoms with E-state index in [4.69, 9.17) is 40.6 Å². The maximum Gasteiger partial charge on any atom is 0.310 e. The van der Waals surface area contributed by atoms with Crippen molar-refractivity contribution in [2.45, 2.75) is 174 Å². The van der Waals surface area contributed by atoms with Gasteiger partial charge in [-0.15, -0.1) is 0 Å². The predicted octanol–water partition coefficient (Wildman–Crippen LogP) is 7.21. The van der Waals surface area contributed by atoms with Gasteiger partial charge in [-0.3, -0.25) is 50.5 Å². The van der Waals surface area contributed by atoms with Crippen LogP contribution in [0.5, 0.6) is 34.5 Å². The number of methoxy groups -OCH3 is 3. The number of nitrogens with one attached hydrogen (secondary N) is 5. The molecular weight excluding hydrogens is 1310 g/mol. The number of unbranched alkanes of at least 4 members (excludes halogenated alkanes) is 1. The summed E-state index contributed by atoms with van der Waals surface area (Å²) in [5.41, 5.74) is 9.68. The number of aliphatic hydroxyl groups is 6. The molecule has 2 aliphatic heterocycles. The molecule has 2 aliphatic rings. The first-order chi connectivity index (χ1) is 49.2. The zero-order chi connectivity index (χ0) is 76.1. The third kappa shape index (κ3) is 21.3. The Hall–Kier alpha value is -9.06. The van der Waals surface area contributed by atoms with Crippen LogP contribution in [0.3, 0.4) is 0 Å². The van der Waals surface area contributed by atoms with E-state index in [1.54, 1.807) is 132 Å². The number of aliphatic hydroxyl groups excluding tert-OH is 4. The van der Waals surface area contributed by atoms with Gasteiger partial charge in [-0.1, -0.05) is 119 Å². The number of hydrazine groups is 2. The fourth-order valence-corrected chi connectivity index (χ4v) is 11.8. The van der Waals surface area contributed by atoms with Gasteiger partial charge in [-0.2, -0.15) is 0 Å². The largest absolute Gasteiger partial charge is 0.497 e. The van der Waals surface area contributed by atoms with Crippen molar-refractivity contribution in [1.82, 2.24) is 27.0 Å². The summed E-state index contributed by atoms with van der Waals surface area (Å²) in [6.45, 7) is 11.9. The molecule has 8 rings (SSSR count). The van der Waals surface area contributed by atoms with Crippen LogP contribution < -0.4 is 46.0 Å². The number of carbonyl (C=O) groups is 6. The minimum absolute atomic E-state index is 0.0998. The molecule has 0 spiro atoms. The standard InChI is InChI=1S/C47H63N5O16.C25H26O5.C2H6.CH4/c1-7-33(47(62,28-14-20-30(63-5)21-15-28)29-16-22-32(23-17-29)66-31-18-12-25(2)13-19-31)44(60)51-49-35(55)10-8-9-11-36(56)50-52-45(61)43-42(64-6)39(58)40(59)46(68-43)67-41-37(48-27(4)54)26(3)65-34(24-53)38(41)57;1-4-23(24(26)27)25(28,18-7-13-20(29-3)14-8-18)19-9-15-22(16-10-19)30-21-11-5-17(2)6-12-21;1-2;/h12-23,26,33-34,37-43,46,53,57-59,62H,7-11,24H2,1-6H3,(H,48,54)(H,49,55)(H,50,56)(H,51,60)(H,52,61);5-16,23,28H,4H2,1-3H3,(H,26,27);1-2H3;1H4/t26-,33?,34-,37?,38+,39?,40?,41?,42-,43+,46+,47?;;;/m0.../s1/i;;1D;1T. The van der Waals surface area contributed by atoms with Crippen molar-refractivity contribution in [3.63, 3.8) is 0 Å². The van der Waals surface area contributed by atoms with E-state index < -0.39 is 126 Å². The van der Waals surface area contributed by atoms with Crippen LogP contribution in [0.2, 0.25) is 0 Å². The molecule has 0 radical (unpaired) electrons. The number of benzene rings is 6. The minimum Gasteiger partial charge on any atom is -0.497 e. The van der Waals surface area contributed by atoms with Crippen molar-refractivity contribution >= 4 is 35.5 Å². The van der Waals surface area contributed by atoms with Crippen LogP contribution in [-0.4, -0.2) is 160 Å². The third-order valence-corrected chi connectivity index (χ3v) is 17.2. The van der Waals surface area contributed by atoms with E-state index in [9.17, 15) is 64.5 Å². The summed E-state index contributed by atoms with van der Waals surface area (Å²) >= 11 is 0. The van der Waals surface area contributed by atoms with E-state index in [2.05, 4.69) is 27.0 Å². The molecule has 0 bridgehead atoms. The van der Waals surface area contributed by atoms with Crippen molar-refractivity contribution in [3.8, 4) is 34.5 Å². The molecule has 6 aromatic carbocycles. The Morgan fingerprint density at radius 3 is 1.34 bits per heavy atom. The van der Waals surface area contributed by atoms with E-state index in [0.29, 0.717) is 63.7 Å². The number of carbonyl (C=O) groups excluding carboxylic acids is 5. The van der Waals surface area contributed by atoms with Crippen LogP contribution in [0.25, 0.3) is 0 Å². The van der Waals surface area contributed by atoms with Crippen molar-refractivity contribution in [2.75, 3.05) is 27.9 Å². The van der Waals surface area contributed by atoms with E-state index in [1.807, 2.05) is 62.4 Å². The number of aliphatic carboxylic acids is 1. The monoisotopic (exact) mass is 1410 g/mol. The lowest BCUT2D eigenvalue weighted by atomic mass is 9.74. The average Bonchev–Trinajstić information content (AvgIpc) is 0.782. The molecule has 0 aromatic heterocycles. The van der Waals surface area contributed by atoms with Gasteiger partial charge in [0.1, 0.15) is 82.3 Å². The Balaban J connectivity index is 0.000000450. The molecule has 12 N–H and O–H groups in total. The highest BCUT2D eigenvalue weighted by atomic mass is 16.7. The van der Waals surface area contributed by atoms with E-state index >= 15 is 0 Å². The van der Waals surface area contributed by atoms with Gasteiger partial charge in [0, 0.05) is 29.6 Å². The first-order valence-electron chi connectivity index (χ1n) is 34.5. The lowest BCUT2D eigenvalue weighted by Gasteiger charge is -2.47. The summed E-state index contributed by atoms with van der Waals surface area (Å²) in [7, 11) is 5.47. The highest BCUT2D eigenvalue weighted by Gasteiger charge is 2.53. The molecule has 26 heteroatoms. The Bertz CT molecular complexity index is 3600. The molecule has 26 nitrogen and oxygen atoms in total. The Labute approximate surface area is 592 Å². The Morgan fingerprint density at radius 1 is 0.584 bits per heavy atom. The summed E-state index contributed by atoms with van der Waals surface area (Å²) in [4.78, 5) is 76.5. The zero-order valence-corrected chi connectivity index (χ0v) is 58.8. The highest BCUT2D eigenvalue weighted by Crippen LogP contribution is 2.43. The van der Waals surface area contributed by atoms with Crippen molar-refractivity contribution < 1.29 is 105 Å². The van der Waals surface area contributed by atoms with Gasteiger partial charge in [-0.05, 0) is 142 Å². The lowest BCUT2D eigenvalue weighted by molar-refractivity contribution is -0.325. The van der Waals surface area contributed by atoms with Crippen LogP contribution in [-0.2, 0) is 58.9 Å². The minimum atomic E-state index is -1.86. The number of carboxylic acids is 1. The van der Waals surface area contributed by atoms with Crippen LogP contribution in [0.4, 0.5) is 0 Å². The summed E-state index contributed by atoms with van der Waals surface area (Å²) in [5, 5.41) is 79.0. The third-order valence-electron chi connectivity index (χ3n) is 17.2. The Kier molecular flexibility index (Phi) is 30.8. The number of aryl methyl sites for hydroxylation is 2. The summed E-state index contributed by atoms with van der Waals surface area (Å²) < 4.78 is 56.7. The summed E-state index contributed by atoms with van der Waals surface area (Å²) in [6.07, 6.45) is -12.7. The molecule has 101 heavy (non-hydrogen) atoms. The van der Waals surface area contributed by atoms with Gasteiger partial charge < -0.3 is 79.0 Å². The number of hydrogen-bond donors (Lipinski definition) is 12. The number of carboxylic acid groups (broad SMARTS) is 1. The van der Waals surface area contributed by atoms with Gasteiger partial charge in [-0.25, -0.2) is 0 Å². The molecule has 8 unspecified atom stereocenters. The maximum atomic E-state index is 13.8. The summed E-state index contributed by atoms with van der Waals surface area (Å²) in [5.74, 6) is -2.92. The number of hydrogen-bond acceptors (Lipinski definition) is 20. The van der Waals surface area contributed by atoms with Crippen LogP contribution >= 0.6 is 0 Å². The zero-order valence-electron chi connectivity index (χ0n) is 60.8. The van der Waals surface area contributed by atoms with Gasteiger partial charge in [0.25, 0.3) is 5.91 Å². The van der Waals surface area contributed by atoms with Crippen LogP contribution in [0, 0.1) is 25.7 Å². The second-order valence-corrected chi connectivity index (χ2v) is 23.9. The molecule has 6 aromatic rings. The number of rotatable bonds is 27. The van der Waals surface area contributed by atoms with Gasteiger partial charge >= 0.3 is 5.97 Å². The van der Waals surface area contributed by atoms with Crippen molar-refractivity contribution in [2.24, 2.45) is 11.8 Å². The first-order valence-corrected chi connectivity index (χ1v) is 32.8. The van der Waals surface area contributed by atoms with Crippen LogP contribution in [0.1, 0.15) is 124 Å². The molecular formula is C75H99N5O21. The van der Waals surface area contributed by atoms with Crippen molar-refractivity contribution in [3.05, 3.63) is 179 Å². The van der Waals surface area contributed by atoms with Crippen LogP contribution in [0.15, 0.2) is 146 Å². The number of ether oxygens (including phenoxy) is 8. The fourth-order valence-electron chi connectivity index (χ4n) is 11.8. The molecule has 0 aliphatic carbocycles. The Morgan fingerprint density at radius 2 is 0.970 bits per heavy atom. The molecule has 2 saturated heterocycles. The predicted molar refractivity (Wildman–Crippen MR) is 373 cm³/mol. The van der Waals surface area contributed by atoms with Gasteiger partial charge in [0.15, 0.2) is 12.4 Å². The molecule has 2 heterocycles. The topological polar surface area (TPSA) is 378 Å². The normalized spacial score (nSPS) is 21.9. The molecule has 0 saturated carbocycles. The molecule has 550 valence electrons. The van der Waals surface area contributed by atoms with Crippen molar-refractivity contribution in [1.29, 1.82) is 0 Å². The molecule has 5 amide bonds. The number of amides is 5. The quantitative estimate of drug-likeness (QED) is 0.0179. The lowest BCUT2D eigenvalue weighted by Crippen LogP contribution is -2.68. The summed E-state index contributed by atoms with van der Waals surface area (Å²) in [6, 6.07) is 41.3. The molecule has 14 atom stereocenters. The first kappa shape index (κ1) is 79.3. The van der Waals surface area contributed by atoms with Gasteiger partial charge in [0.2, 0.25) is 23.6 Å². The second kappa shape index (κ2) is 39.2.